The minimum Gasteiger partial charge on any atom is -0.444 e. The molecule has 0 radical (unpaired) electrons. The Labute approximate surface area is 243 Å². The van der Waals surface area contributed by atoms with Crippen molar-refractivity contribution in [2.45, 2.75) is 90.2 Å². The Balaban J connectivity index is 1.21. The molecule has 222 valence electrons. The first-order valence-electron chi connectivity index (χ1n) is 15.1. The van der Waals surface area contributed by atoms with E-state index in [1.54, 1.807) is 12.4 Å². The van der Waals surface area contributed by atoms with E-state index in [0.29, 0.717) is 24.0 Å². The van der Waals surface area contributed by atoms with Crippen LogP contribution in [0.2, 0.25) is 0 Å². The van der Waals surface area contributed by atoms with Gasteiger partial charge in [0.2, 0.25) is 5.91 Å². The molecule has 11 nitrogen and oxygen atoms in total. The van der Waals surface area contributed by atoms with E-state index in [-0.39, 0.29) is 18.0 Å². The fraction of sp³-hybridized carbons (Fsp3) is 0.667. The topological polar surface area (TPSA) is 117 Å². The fourth-order valence-corrected chi connectivity index (χ4v) is 5.68. The number of amides is 2. The molecule has 41 heavy (non-hydrogen) atoms. The van der Waals surface area contributed by atoms with Crippen LogP contribution >= 0.6 is 0 Å². The molecule has 2 amide bonds. The maximum Gasteiger partial charge on any atom is 0.410 e. The van der Waals surface area contributed by atoms with Crippen molar-refractivity contribution in [1.29, 1.82) is 0 Å². The first-order chi connectivity index (χ1) is 19.7. The van der Waals surface area contributed by atoms with Gasteiger partial charge in [0.1, 0.15) is 11.4 Å². The zero-order chi connectivity index (χ0) is 29.0. The number of nitrogens with zero attached hydrogens (tertiary/aromatic N) is 7. The summed E-state index contributed by atoms with van der Waals surface area (Å²) in [6.45, 7) is 11.7. The van der Waals surface area contributed by atoms with Gasteiger partial charge in [-0.3, -0.25) is 9.78 Å². The van der Waals surface area contributed by atoms with Crippen LogP contribution < -0.4 is 15.1 Å². The number of nitrogens with one attached hydrogen (secondary N) is 1. The number of aromatic nitrogens is 4. The second-order valence-electron chi connectivity index (χ2n) is 12.7. The molecule has 1 N–H and O–H groups in total. The maximum absolute atomic E-state index is 13.2. The largest absolute Gasteiger partial charge is 0.444 e. The summed E-state index contributed by atoms with van der Waals surface area (Å²) in [4.78, 5) is 41.4. The van der Waals surface area contributed by atoms with Crippen LogP contribution in [0.3, 0.4) is 0 Å². The minimum atomic E-state index is -0.531. The standard InChI is InChI=1S/C30H44N8O3/c1-21(28(39)33-25-17-31-18-27(32-25)36-14-5-6-15-36)24-12-13-26(35-34-24)37-16-8-11-23(20-37)38(19-22-9-7-10-22)29(40)41-30(2,3)4/h12-13,17-18,21-23H,5-11,14-16,19-20H2,1-4H3,(H,32,33,39)/t21?,23-/m1/s1. The number of hydrogen-bond acceptors (Lipinski definition) is 9. The molecule has 1 saturated carbocycles. The number of carbonyl (C=O) groups is 2. The summed E-state index contributed by atoms with van der Waals surface area (Å²) in [5, 5.41) is 11.8. The first kappa shape index (κ1) is 29.0. The highest BCUT2D eigenvalue weighted by Crippen LogP contribution is 2.31. The summed E-state index contributed by atoms with van der Waals surface area (Å²) in [6, 6.07) is 3.84. The Kier molecular flexibility index (Phi) is 8.89. The van der Waals surface area contributed by atoms with Gasteiger partial charge in [-0.2, -0.15) is 5.10 Å². The third-order valence-electron chi connectivity index (χ3n) is 8.28. The molecule has 3 aliphatic rings. The minimum absolute atomic E-state index is 0.0582. The lowest BCUT2D eigenvalue weighted by Crippen LogP contribution is -2.53. The molecule has 11 heteroatoms. The third kappa shape index (κ3) is 7.42. The number of carbonyl (C=O) groups excluding carboxylic acids is 2. The van der Waals surface area contributed by atoms with Crippen LogP contribution in [0.15, 0.2) is 24.5 Å². The summed E-state index contributed by atoms with van der Waals surface area (Å²) in [5.41, 5.74) is 0.0560. The zero-order valence-electron chi connectivity index (χ0n) is 24.9. The maximum atomic E-state index is 13.2. The lowest BCUT2D eigenvalue weighted by molar-refractivity contribution is -0.117. The SMILES string of the molecule is CC(C(=O)Nc1cncc(N2CCCC2)n1)c1ccc(N2CCC[C@@H](N(CC3CCC3)C(=O)OC(C)(C)C)C2)nn1. The average molecular weight is 565 g/mol. The van der Waals surface area contributed by atoms with E-state index < -0.39 is 11.5 Å². The Hall–Kier alpha value is -3.50. The predicted molar refractivity (Wildman–Crippen MR) is 158 cm³/mol. The number of hydrogen-bond donors (Lipinski definition) is 1. The van der Waals surface area contributed by atoms with Crippen molar-refractivity contribution in [2.75, 3.05) is 47.8 Å². The van der Waals surface area contributed by atoms with Gasteiger partial charge in [0.15, 0.2) is 11.6 Å². The van der Waals surface area contributed by atoms with Gasteiger partial charge in [-0.05, 0) is 84.3 Å². The smallest absolute Gasteiger partial charge is 0.410 e. The van der Waals surface area contributed by atoms with Gasteiger partial charge < -0.3 is 24.8 Å². The number of rotatable bonds is 8. The van der Waals surface area contributed by atoms with Crippen LogP contribution in [-0.4, -0.2) is 81.4 Å². The fourth-order valence-electron chi connectivity index (χ4n) is 5.68. The molecule has 0 spiro atoms. The first-order valence-corrected chi connectivity index (χ1v) is 15.1. The van der Waals surface area contributed by atoms with Gasteiger partial charge in [0.05, 0.1) is 30.0 Å². The third-order valence-corrected chi connectivity index (χ3v) is 8.28. The number of piperidine rings is 1. The van der Waals surface area contributed by atoms with E-state index in [2.05, 4.69) is 35.3 Å². The van der Waals surface area contributed by atoms with Crippen LogP contribution in [0, 0.1) is 5.92 Å². The summed E-state index contributed by atoms with van der Waals surface area (Å²) >= 11 is 0. The number of anilines is 3. The van der Waals surface area contributed by atoms with Gasteiger partial charge >= 0.3 is 6.09 Å². The molecule has 2 aliphatic heterocycles. The Morgan fingerprint density at radius 3 is 2.41 bits per heavy atom. The molecule has 1 aliphatic carbocycles. The highest BCUT2D eigenvalue weighted by atomic mass is 16.6. The van der Waals surface area contributed by atoms with Crippen molar-refractivity contribution >= 4 is 29.5 Å². The van der Waals surface area contributed by atoms with Crippen molar-refractivity contribution < 1.29 is 14.3 Å². The van der Waals surface area contributed by atoms with Crippen molar-refractivity contribution in [2.24, 2.45) is 5.92 Å². The zero-order valence-corrected chi connectivity index (χ0v) is 24.9. The molecule has 0 bridgehead atoms. The van der Waals surface area contributed by atoms with Gasteiger partial charge in [-0.15, -0.1) is 5.10 Å². The van der Waals surface area contributed by atoms with Crippen LogP contribution in [-0.2, 0) is 9.53 Å². The van der Waals surface area contributed by atoms with Crippen molar-refractivity contribution in [3.05, 3.63) is 30.2 Å². The second kappa shape index (κ2) is 12.6. The Morgan fingerprint density at radius 1 is 1.00 bits per heavy atom. The van der Waals surface area contributed by atoms with Crippen molar-refractivity contribution in [1.82, 2.24) is 25.1 Å². The lowest BCUT2D eigenvalue weighted by atomic mass is 9.84. The van der Waals surface area contributed by atoms with E-state index in [1.807, 2.05) is 44.7 Å². The van der Waals surface area contributed by atoms with E-state index in [0.717, 1.165) is 63.5 Å². The van der Waals surface area contributed by atoms with Crippen LogP contribution in [0.25, 0.3) is 0 Å². The normalized spacial score (nSPS) is 20.3. The van der Waals surface area contributed by atoms with E-state index in [4.69, 9.17) is 4.74 Å². The molecular weight excluding hydrogens is 520 g/mol. The highest BCUT2D eigenvalue weighted by molar-refractivity contribution is 5.94. The average Bonchev–Trinajstić information content (AvgIpc) is 3.47. The molecule has 1 unspecified atom stereocenters. The van der Waals surface area contributed by atoms with Crippen molar-refractivity contribution in [3.8, 4) is 0 Å². The quantitative estimate of drug-likeness (QED) is 0.490. The summed E-state index contributed by atoms with van der Waals surface area (Å²) in [5.74, 6) is 1.82. The molecule has 5 rings (SSSR count). The summed E-state index contributed by atoms with van der Waals surface area (Å²) in [7, 11) is 0. The van der Waals surface area contributed by atoms with Gasteiger partial charge in [0, 0.05) is 32.7 Å². The molecule has 3 fully saturated rings. The molecule has 2 saturated heterocycles. The van der Waals surface area contributed by atoms with Crippen LogP contribution in [0.5, 0.6) is 0 Å². The molecule has 0 aromatic carbocycles. The van der Waals surface area contributed by atoms with E-state index >= 15 is 0 Å². The summed E-state index contributed by atoms with van der Waals surface area (Å²) < 4.78 is 5.79. The molecule has 2 aromatic heterocycles. The van der Waals surface area contributed by atoms with Crippen LogP contribution in [0.1, 0.15) is 84.3 Å². The van der Waals surface area contributed by atoms with E-state index in [9.17, 15) is 9.59 Å². The van der Waals surface area contributed by atoms with Gasteiger partial charge in [-0.1, -0.05) is 6.42 Å². The van der Waals surface area contributed by atoms with Gasteiger partial charge in [-0.25, -0.2) is 9.78 Å². The second-order valence-corrected chi connectivity index (χ2v) is 12.7. The Bertz CT molecular complexity index is 1190. The molecule has 4 heterocycles. The van der Waals surface area contributed by atoms with Gasteiger partial charge in [0.25, 0.3) is 0 Å². The predicted octanol–water partition coefficient (Wildman–Crippen LogP) is 4.62. The number of ether oxygens (including phenoxy) is 1. The molecule has 2 aromatic rings. The molecule has 2 atom stereocenters. The molecular formula is C30H44N8O3. The Morgan fingerprint density at radius 2 is 1.76 bits per heavy atom. The van der Waals surface area contributed by atoms with Crippen molar-refractivity contribution in [3.63, 3.8) is 0 Å². The lowest BCUT2D eigenvalue weighted by Gasteiger charge is -2.42. The van der Waals surface area contributed by atoms with Crippen LogP contribution in [0.4, 0.5) is 22.2 Å². The highest BCUT2D eigenvalue weighted by Gasteiger charge is 2.35. The monoisotopic (exact) mass is 564 g/mol. The van der Waals surface area contributed by atoms with E-state index in [1.165, 1.54) is 19.3 Å². The summed E-state index contributed by atoms with van der Waals surface area (Å²) in [6.07, 6.45) is 10.8.